The second-order valence-corrected chi connectivity index (χ2v) is 5.75. The molecule has 0 saturated carbocycles. The Labute approximate surface area is 119 Å². The molecule has 3 N–H and O–H groups in total. The highest BCUT2D eigenvalue weighted by Gasteiger charge is 2.20. The zero-order chi connectivity index (χ0) is 15.6. The van der Waals surface area contributed by atoms with Crippen molar-refractivity contribution in [3.05, 3.63) is 53.8 Å². The molecule has 110 valence electrons. The fraction of sp³-hybridized carbons (Fsp3) is 0. The molecule has 0 radical (unpaired) electrons. The number of carboxylic acid groups (broad SMARTS) is 1. The van der Waals surface area contributed by atoms with Crippen LogP contribution in [0.4, 0.5) is 10.1 Å². The van der Waals surface area contributed by atoms with Crippen molar-refractivity contribution in [1.29, 1.82) is 0 Å². The smallest absolute Gasteiger partial charge is 0.335 e. The average molecular weight is 311 g/mol. The molecule has 0 aliphatic heterocycles. The van der Waals surface area contributed by atoms with Gasteiger partial charge in [0.1, 0.15) is 16.5 Å². The Morgan fingerprint density at radius 3 is 2.24 bits per heavy atom. The van der Waals surface area contributed by atoms with Crippen LogP contribution in [0.15, 0.2) is 47.4 Å². The van der Waals surface area contributed by atoms with Gasteiger partial charge in [-0.1, -0.05) is 0 Å². The van der Waals surface area contributed by atoms with Crippen molar-refractivity contribution in [3.63, 3.8) is 0 Å². The van der Waals surface area contributed by atoms with Crippen LogP contribution in [0, 0.1) is 5.82 Å². The molecule has 6 nitrogen and oxygen atoms in total. The molecular formula is C13H10FNO5S. The van der Waals surface area contributed by atoms with Crippen LogP contribution in [-0.2, 0) is 10.0 Å². The largest absolute Gasteiger partial charge is 0.508 e. The molecule has 0 aromatic heterocycles. The molecule has 0 unspecified atom stereocenters. The first-order chi connectivity index (χ1) is 9.79. The van der Waals surface area contributed by atoms with E-state index in [-0.39, 0.29) is 17.0 Å². The van der Waals surface area contributed by atoms with Gasteiger partial charge in [-0.15, -0.1) is 0 Å². The van der Waals surface area contributed by atoms with E-state index in [0.717, 1.165) is 12.1 Å². The second kappa shape index (κ2) is 5.41. The lowest BCUT2D eigenvalue weighted by Gasteiger charge is -2.09. The summed E-state index contributed by atoms with van der Waals surface area (Å²) in [6.07, 6.45) is 0. The molecule has 0 heterocycles. The van der Waals surface area contributed by atoms with Crippen molar-refractivity contribution in [2.24, 2.45) is 0 Å². The summed E-state index contributed by atoms with van der Waals surface area (Å²) < 4.78 is 39.9. The van der Waals surface area contributed by atoms with Gasteiger partial charge in [0.2, 0.25) is 0 Å². The summed E-state index contributed by atoms with van der Waals surface area (Å²) in [6.45, 7) is 0. The van der Waals surface area contributed by atoms with Crippen molar-refractivity contribution in [1.82, 2.24) is 0 Å². The Morgan fingerprint density at radius 2 is 1.71 bits per heavy atom. The summed E-state index contributed by atoms with van der Waals surface area (Å²) in [6, 6.07) is 7.64. The number of phenolic OH excluding ortho intramolecular Hbond substituents is 1. The Morgan fingerprint density at radius 1 is 1.10 bits per heavy atom. The van der Waals surface area contributed by atoms with Crippen LogP contribution in [-0.4, -0.2) is 24.6 Å². The molecule has 2 aromatic rings. The summed E-state index contributed by atoms with van der Waals surface area (Å²) in [4.78, 5) is 10.0. The number of rotatable bonds is 4. The van der Waals surface area contributed by atoms with Crippen LogP contribution in [0.3, 0.4) is 0 Å². The van der Waals surface area contributed by atoms with Gasteiger partial charge in [-0.05, 0) is 42.5 Å². The van der Waals surface area contributed by atoms with E-state index in [1.165, 1.54) is 24.3 Å². The van der Waals surface area contributed by atoms with Crippen molar-refractivity contribution in [2.75, 3.05) is 4.72 Å². The predicted octanol–water partition coefficient (Wildman–Crippen LogP) is 2.03. The highest BCUT2D eigenvalue weighted by Crippen LogP contribution is 2.21. The van der Waals surface area contributed by atoms with E-state index in [4.69, 9.17) is 10.2 Å². The van der Waals surface area contributed by atoms with Gasteiger partial charge in [-0.25, -0.2) is 17.6 Å². The average Bonchev–Trinajstić information content (AvgIpc) is 2.40. The number of aromatic carboxylic acids is 1. The number of hydrogen-bond acceptors (Lipinski definition) is 4. The van der Waals surface area contributed by atoms with E-state index >= 15 is 0 Å². The van der Waals surface area contributed by atoms with Crippen molar-refractivity contribution >= 4 is 21.7 Å². The molecule has 0 saturated heterocycles. The van der Waals surface area contributed by atoms with E-state index in [1.807, 2.05) is 0 Å². The third kappa shape index (κ3) is 3.29. The summed E-state index contributed by atoms with van der Waals surface area (Å²) in [5.74, 6) is -2.57. The number of hydrogen-bond donors (Lipinski definition) is 3. The molecule has 2 aromatic carbocycles. The minimum Gasteiger partial charge on any atom is -0.508 e. The van der Waals surface area contributed by atoms with Crippen molar-refractivity contribution in [2.45, 2.75) is 4.90 Å². The van der Waals surface area contributed by atoms with Gasteiger partial charge in [0.25, 0.3) is 10.0 Å². The van der Waals surface area contributed by atoms with Crippen LogP contribution >= 0.6 is 0 Å². The summed E-state index contributed by atoms with van der Waals surface area (Å²) in [5.41, 5.74) is -0.217. The lowest BCUT2D eigenvalue weighted by atomic mass is 10.2. The number of halogens is 1. The third-order valence-corrected chi connectivity index (χ3v) is 4.00. The molecule has 0 amide bonds. The van der Waals surface area contributed by atoms with Crippen LogP contribution < -0.4 is 4.72 Å². The lowest BCUT2D eigenvalue weighted by molar-refractivity contribution is 0.0696. The summed E-state index contributed by atoms with van der Waals surface area (Å²) in [7, 11) is -4.20. The van der Waals surface area contributed by atoms with Crippen LogP contribution in [0.25, 0.3) is 0 Å². The monoisotopic (exact) mass is 311 g/mol. The maximum atomic E-state index is 13.8. The van der Waals surface area contributed by atoms with Gasteiger partial charge >= 0.3 is 5.97 Å². The number of carboxylic acids is 1. The quantitative estimate of drug-likeness (QED) is 0.750. The van der Waals surface area contributed by atoms with Crippen LogP contribution in [0.5, 0.6) is 5.75 Å². The molecule has 0 bridgehead atoms. The van der Waals surface area contributed by atoms with Gasteiger partial charge in [0.05, 0.1) is 5.56 Å². The Kier molecular flexibility index (Phi) is 3.81. The van der Waals surface area contributed by atoms with Gasteiger partial charge in [0, 0.05) is 5.69 Å². The minimum atomic E-state index is -4.20. The maximum Gasteiger partial charge on any atom is 0.335 e. The number of phenols is 1. The first-order valence-electron chi connectivity index (χ1n) is 5.64. The molecule has 2 rings (SSSR count). The molecule has 21 heavy (non-hydrogen) atoms. The van der Waals surface area contributed by atoms with E-state index in [9.17, 15) is 17.6 Å². The van der Waals surface area contributed by atoms with E-state index in [2.05, 4.69) is 4.72 Å². The topological polar surface area (TPSA) is 104 Å². The molecule has 0 fully saturated rings. The lowest BCUT2D eigenvalue weighted by Crippen LogP contribution is -2.15. The molecule has 0 aliphatic carbocycles. The van der Waals surface area contributed by atoms with Gasteiger partial charge < -0.3 is 10.2 Å². The van der Waals surface area contributed by atoms with E-state index in [1.54, 1.807) is 0 Å². The third-order valence-electron chi connectivity index (χ3n) is 2.59. The summed E-state index contributed by atoms with van der Waals surface area (Å²) in [5, 5.41) is 17.8. The summed E-state index contributed by atoms with van der Waals surface area (Å²) >= 11 is 0. The van der Waals surface area contributed by atoms with E-state index in [0.29, 0.717) is 6.07 Å². The first kappa shape index (κ1) is 14.8. The standard InChI is InChI=1S/C13H10FNO5S/c14-11-7-8(13(17)18)1-6-12(11)21(19,20)15-9-2-4-10(16)5-3-9/h1-7,15-16H,(H,17,18). The maximum absolute atomic E-state index is 13.8. The van der Waals surface area contributed by atoms with Crippen molar-refractivity contribution in [3.8, 4) is 5.75 Å². The number of carbonyl (C=O) groups is 1. The molecular weight excluding hydrogens is 301 g/mol. The number of aromatic hydroxyl groups is 1. The number of sulfonamides is 1. The van der Waals surface area contributed by atoms with Crippen molar-refractivity contribution < 1.29 is 27.8 Å². The second-order valence-electron chi connectivity index (χ2n) is 4.10. The highest BCUT2D eigenvalue weighted by molar-refractivity contribution is 7.92. The Hall–Kier alpha value is -2.61. The molecule has 0 spiro atoms. The molecule has 0 aliphatic rings. The Bertz CT molecular complexity index is 787. The Balaban J connectivity index is 2.35. The minimum absolute atomic E-state index is 0.0464. The number of anilines is 1. The number of nitrogens with one attached hydrogen (secondary N) is 1. The van der Waals surface area contributed by atoms with Gasteiger partial charge in [-0.2, -0.15) is 0 Å². The van der Waals surface area contributed by atoms with Crippen LogP contribution in [0.1, 0.15) is 10.4 Å². The fourth-order valence-electron chi connectivity index (χ4n) is 1.59. The zero-order valence-electron chi connectivity index (χ0n) is 10.4. The van der Waals surface area contributed by atoms with E-state index < -0.39 is 26.7 Å². The predicted molar refractivity (Wildman–Crippen MR) is 72.3 cm³/mol. The number of benzene rings is 2. The SMILES string of the molecule is O=C(O)c1ccc(S(=O)(=O)Nc2ccc(O)cc2)c(F)c1. The highest BCUT2D eigenvalue weighted by atomic mass is 32.2. The first-order valence-corrected chi connectivity index (χ1v) is 7.12. The fourth-order valence-corrected chi connectivity index (χ4v) is 2.71. The zero-order valence-corrected chi connectivity index (χ0v) is 11.3. The normalized spacial score (nSPS) is 11.1. The molecule has 0 atom stereocenters. The van der Waals surface area contributed by atoms with Crippen LogP contribution in [0.2, 0.25) is 0 Å². The molecule has 8 heteroatoms. The van der Waals surface area contributed by atoms with Gasteiger partial charge in [0.15, 0.2) is 0 Å². The van der Waals surface area contributed by atoms with Gasteiger partial charge in [-0.3, -0.25) is 4.72 Å².